The zero-order valence-electron chi connectivity index (χ0n) is 21.8. The minimum Gasteiger partial charge on any atom is -0.444 e. The highest BCUT2D eigenvalue weighted by molar-refractivity contribution is 6.00. The second kappa shape index (κ2) is 10.8. The van der Waals surface area contributed by atoms with Crippen molar-refractivity contribution in [1.82, 2.24) is 19.4 Å². The second-order valence-corrected chi connectivity index (χ2v) is 10.6. The largest absolute Gasteiger partial charge is 0.444 e. The van der Waals surface area contributed by atoms with Crippen LogP contribution in [0.3, 0.4) is 0 Å². The zero-order chi connectivity index (χ0) is 26.7. The molecular formula is C27H34N4O6. The first-order valence-corrected chi connectivity index (χ1v) is 12.6. The predicted molar refractivity (Wildman–Crippen MR) is 137 cm³/mol. The molecule has 10 nitrogen and oxygen atoms in total. The van der Waals surface area contributed by atoms with Gasteiger partial charge in [0.1, 0.15) is 18.2 Å². The number of likely N-dealkylation sites (tertiary alicyclic amines) is 1. The minimum absolute atomic E-state index is 0.191. The van der Waals surface area contributed by atoms with Crippen LogP contribution in [0, 0.1) is 17.8 Å². The normalized spacial score (nSPS) is 18.9. The molecule has 1 unspecified atom stereocenters. The van der Waals surface area contributed by atoms with E-state index >= 15 is 0 Å². The summed E-state index contributed by atoms with van der Waals surface area (Å²) in [5, 5.41) is 2.32. The number of aryl methyl sites for hydroxylation is 1. The van der Waals surface area contributed by atoms with Gasteiger partial charge in [0.2, 0.25) is 11.8 Å². The summed E-state index contributed by atoms with van der Waals surface area (Å²) in [6.45, 7) is 7.68. The fourth-order valence-electron chi connectivity index (χ4n) is 4.79. The van der Waals surface area contributed by atoms with Crippen molar-refractivity contribution in [1.29, 1.82) is 0 Å². The summed E-state index contributed by atoms with van der Waals surface area (Å²) < 4.78 is 14.2. The minimum atomic E-state index is -0.734. The molecule has 1 atom stereocenters. The van der Waals surface area contributed by atoms with Crippen LogP contribution in [0.5, 0.6) is 0 Å². The number of hydrogen-bond donors (Lipinski definition) is 1. The number of imide groups is 1. The average molecular weight is 511 g/mol. The molecule has 2 aromatic rings. The fraction of sp³-hybridized carbons (Fsp3) is 0.556. The number of nitrogens with one attached hydrogen (secondary N) is 1. The van der Waals surface area contributed by atoms with Gasteiger partial charge < -0.3 is 14.4 Å². The van der Waals surface area contributed by atoms with Gasteiger partial charge >= 0.3 is 11.8 Å². The lowest BCUT2D eigenvalue weighted by atomic mass is 9.98. The molecule has 0 bridgehead atoms. The Balaban J connectivity index is 1.36. The molecule has 37 heavy (non-hydrogen) atoms. The Bertz CT molecular complexity index is 1310. The molecule has 1 aromatic carbocycles. The fourth-order valence-corrected chi connectivity index (χ4v) is 4.79. The molecule has 2 aliphatic heterocycles. The first kappa shape index (κ1) is 26.5. The van der Waals surface area contributed by atoms with Crippen LogP contribution in [0.4, 0.5) is 4.79 Å². The number of fused-ring (bicyclic) bond motifs is 1. The standard InChI is InChI=1S/C27H34N4O6/c1-27(2,3)37-26(35)30-14-12-18(13-15-30)17-36-16-6-8-19-7-5-9-20-23(19)29(4)25(34)31(20)21-10-11-22(32)28-24(21)33/h5,7,9,18,21H,10-17H2,1-4H3,(H,28,32,33). The maximum absolute atomic E-state index is 13.0. The van der Waals surface area contributed by atoms with Crippen molar-refractivity contribution < 1.29 is 23.9 Å². The van der Waals surface area contributed by atoms with Crippen LogP contribution in [0.15, 0.2) is 23.0 Å². The van der Waals surface area contributed by atoms with Crippen molar-refractivity contribution in [2.75, 3.05) is 26.3 Å². The molecule has 4 rings (SSSR count). The SMILES string of the molecule is Cn1c(=O)n(C2CCC(=O)NC2=O)c2cccc(C#CCOCC3CCN(C(=O)OC(C)(C)C)CC3)c21. The monoisotopic (exact) mass is 510 g/mol. The van der Waals surface area contributed by atoms with Gasteiger partial charge in [-0.2, -0.15) is 0 Å². The van der Waals surface area contributed by atoms with Crippen molar-refractivity contribution in [3.05, 3.63) is 34.2 Å². The summed E-state index contributed by atoms with van der Waals surface area (Å²) in [5.41, 5.74) is 1.08. The molecule has 1 N–H and O–H groups in total. The second-order valence-electron chi connectivity index (χ2n) is 10.6. The highest BCUT2D eigenvalue weighted by atomic mass is 16.6. The van der Waals surface area contributed by atoms with Crippen LogP contribution >= 0.6 is 0 Å². The molecule has 0 radical (unpaired) electrons. The van der Waals surface area contributed by atoms with Crippen LogP contribution in [0.25, 0.3) is 11.0 Å². The average Bonchev–Trinajstić information content (AvgIpc) is 3.09. The molecule has 1 aromatic heterocycles. The number of hydrogen-bond acceptors (Lipinski definition) is 6. The van der Waals surface area contributed by atoms with Gasteiger partial charge in [0, 0.05) is 26.6 Å². The van der Waals surface area contributed by atoms with E-state index in [9.17, 15) is 19.2 Å². The molecule has 198 valence electrons. The summed E-state index contributed by atoms with van der Waals surface area (Å²) >= 11 is 0. The molecular weight excluding hydrogens is 476 g/mol. The van der Waals surface area contributed by atoms with Gasteiger partial charge in [0.15, 0.2) is 0 Å². The number of amides is 3. The van der Waals surface area contributed by atoms with Crippen molar-refractivity contribution >= 4 is 28.9 Å². The molecule has 0 aliphatic carbocycles. The maximum atomic E-state index is 13.0. The highest BCUT2D eigenvalue weighted by Crippen LogP contribution is 2.25. The number of para-hydroxylation sites is 1. The highest BCUT2D eigenvalue weighted by Gasteiger charge is 2.31. The topological polar surface area (TPSA) is 112 Å². The van der Waals surface area contributed by atoms with Crippen molar-refractivity contribution in [3.8, 4) is 11.8 Å². The molecule has 3 amide bonds. The van der Waals surface area contributed by atoms with Crippen LogP contribution in [0.1, 0.15) is 58.1 Å². The van der Waals surface area contributed by atoms with Gasteiger partial charge in [-0.3, -0.25) is 24.0 Å². The summed E-state index contributed by atoms with van der Waals surface area (Å²) in [6.07, 6.45) is 1.90. The van der Waals surface area contributed by atoms with Crippen LogP contribution < -0.4 is 11.0 Å². The van der Waals surface area contributed by atoms with Gasteiger partial charge in [-0.25, -0.2) is 9.59 Å². The molecule has 3 heterocycles. The van der Waals surface area contributed by atoms with Crippen LogP contribution in [-0.4, -0.2) is 63.8 Å². The molecule has 2 aliphatic rings. The molecule has 2 fully saturated rings. The van der Waals surface area contributed by atoms with E-state index in [1.165, 1.54) is 9.13 Å². The van der Waals surface area contributed by atoms with Gasteiger partial charge in [-0.15, -0.1) is 0 Å². The number of carbonyl (C=O) groups is 3. The third-order valence-corrected chi connectivity index (χ3v) is 6.64. The molecule has 10 heteroatoms. The lowest BCUT2D eigenvalue weighted by molar-refractivity contribution is -0.135. The van der Waals surface area contributed by atoms with E-state index in [-0.39, 0.29) is 37.1 Å². The van der Waals surface area contributed by atoms with Gasteiger partial charge in [0.25, 0.3) is 0 Å². The summed E-state index contributed by atoms with van der Waals surface area (Å²) in [4.78, 5) is 50.9. The van der Waals surface area contributed by atoms with Crippen molar-refractivity contribution in [3.63, 3.8) is 0 Å². The number of piperidine rings is 2. The first-order valence-electron chi connectivity index (χ1n) is 12.6. The Morgan fingerprint density at radius 3 is 2.54 bits per heavy atom. The van der Waals surface area contributed by atoms with Gasteiger partial charge in [0.05, 0.1) is 23.2 Å². The Hall–Kier alpha value is -3.58. The van der Waals surface area contributed by atoms with E-state index in [1.807, 2.05) is 26.8 Å². The van der Waals surface area contributed by atoms with Gasteiger partial charge in [-0.05, 0) is 58.1 Å². The summed E-state index contributed by atoms with van der Waals surface area (Å²) in [6, 6.07) is 4.68. The number of rotatable bonds is 4. The Morgan fingerprint density at radius 1 is 1.14 bits per heavy atom. The van der Waals surface area contributed by atoms with Gasteiger partial charge in [-0.1, -0.05) is 17.9 Å². The molecule has 0 spiro atoms. The number of imidazole rings is 1. The van der Waals surface area contributed by atoms with E-state index < -0.39 is 17.6 Å². The Kier molecular flexibility index (Phi) is 7.73. The van der Waals surface area contributed by atoms with Crippen molar-refractivity contribution in [2.45, 2.75) is 58.1 Å². The number of nitrogens with zero attached hydrogens (tertiary/aromatic N) is 3. The third-order valence-electron chi connectivity index (χ3n) is 6.64. The number of aromatic nitrogens is 2. The smallest absolute Gasteiger partial charge is 0.410 e. The Labute approximate surface area is 215 Å². The van der Waals surface area contributed by atoms with E-state index in [1.54, 1.807) is 24.1 Å². The van der Waals surface area contributed by atoms with Crippen LogP contribution in [-0.2, 0) is 26.1 Å². The number of benzene rings is 1. The van der Waals surface area contributed by atoms with Crippen LogP contribution in [0.2, 0.25) is 0 Å². The number of ether oxygens (including phenoxy) is 2. The quantitative estimate of drug-likeness (QED) is 0.384. The molecule has 2 saturated heterocycles. The Morgan fingerprint density at radius 2 is 1.86 bits per heavy atom. The van der Waals surface area contributed by atoms with Crippen molar-refractivity contribution in [2.24, 2.45) is 13.0 Å². The lowest BCUT2D eigenvalue weighted by Crippen LogP contribution is -2.44. The summed E-state index contributed by atoms with van der Waals surface area (Å²) in [5.74, 6) is 5.69. The predicted octanol–water partition coefficient (Wildman–Crippen LogP) is 2.33. The molecule has 0 saturated carbocycles. The maximum Gasteiger partial charge on any atom is 0.410 e. The number of carbonyl (C=O) groups excluding carboxylic acids is 3. The van der Waals surface area contributed by atoms with E-state index in [0.717, 1.165) is 12.8 Å². The first-order chi connectivity index (χ1) is 17.5. The third kappa shape index (κ3) is 6.05. The van der Waals surface area contributed by atoms with E-state index in [2.05, 4.69) is 17.2 Å². The lowest BCUT2D eigenvalue weighted by Gasteiger charge is -2.33. The summed E-state index contributed by atoms with van der Waals surface area (Å²) in [7, 11) is 1.65. The van der Waals surface area contributed by atoms with E-state index in [4.69, 9.17) is 9.47 Å². The van der Waals surface area contributed by atoms with E-state index in [0.29, 0.717) is 42.2 Å². The zero-order valence-corrected chi connectivity index (χ0v) is 21.8.